The van der Waals surface area contributed by atoms with Gasteiger partial charge in [-0.05, 0) is 24.1 Å². The summed E-state index contributed by atoms with van der Waals surface area (Å²) in [5.74, 6) is 0.646. The van der Waals surface area contributed by atoms with Crippen molar-refractivity contribution in [3.63, 3.8) is 0 Å². The van der Waals surface area contributed by atoms with Gasteiger partial charge in [0.2, 0.25) is 0 Å². The molecule has 3 N–H and O–H groups in total. The van der Waals surface area contributed by atoms with E-state index in [1.165, 1.54) is 16.8 Å². The summed E-state index contributed by atoms with van der Waals surface area (Å²) in [6.45, 7) is 4.05. The second-order valence-corrected chi connectivity index (χ2v) is 3.70. The molecule has 0 spiro atoms. The van der Waals surface area contributed by atoms with Crippen LogP contribution in [0.3, 0.4) is 0 Å². The summed E-state index contributed by atoms with van der Waals surface area (Å²) in [5.41, 5.74) is 9.71. The summed E-state index contributed by atoms with van der Waals surface area (Å²) in [5, 5.41) is 3.45. The van der Waals surface area contributed by atoms with Crippen molar-refractivity contribution in [3.8, 4) is 0 Å². The lowest BCUT2D eigenvalue weighted by Crippen LogP contribution is -2.05. The van der Waals surface area contributed by atoms with E-state index in [1.54, 1.807) is 0 Å². The van der Waals surface area contributed by atoms with E-state index in [0.29, 0.717) is 5.92 Å². The van der Waals surface area contributed by atoms with E-state index < -0.39 is 0 Å². The van der Waals surface area contributed by atoms with Gasteiger partial charge in [0.1, 0.15) is 0 Å². The lowest BCUT2D eigenvalue weighted by Gasteiger charge is -2.07. The molecule has 0 aromatic heterocycles. The van der Waals surface area contributed by atoms with Gasteiger partial charge in [-0.3, -0.25) is 0 Å². The molecule has 1 heterocycles. The lowest BCUT2D eigenvalue weighted by molar-refractivity contribution is 0.854. The summed E-state index contributed by atoms with van der Waals surface area (Å²) in [6, 6.07) is 6.50. The molecule has 0 saturated carbocycles. The SMILES string of the molecule is CC1CNc2c(CCN)cccc21. The minimum atomic E-state index is 0.646. The molecule has 13 heavy (non-hydrogen) atoms. The largest absolute Gasteiger partial charge is 0.384 e. The second kappa shape index (κ2) is 3.38. The Hall–Kier alpha value is -1.02. The van der Waals surface area contributed by atoms with Gasteiger partial charge < -0.3 is 11.1 Å². The monoisotopic (exact) mass is 176 g/mol. The summed E-state index contributed by atoms with van der Waals surface area (Å²) in [7, 11) is 0. The maximum absolute atomic E-state index is 5.56. The van der Waals surface area contributed by atoms with Crippen LogP contribution in [0.2, 0.25) is 0 Å². The number of hydrogen-bond donors (Lipinski definition) is 2. The predicted octanol–water partition coefficient (Wildman–Crippen LogP) is 1.72. The second-order valence-electron chi connectivity index (χ2n) is 3.70. The number of fused-ring (bicyclic) bond motifs is 1. The van der Waals surface area contributed by atoms with Crippen LogP contribution in [0, 0.1) is 0 Å². The summed E-state index contributed by atoms with van der Waals surface area (Å²) in [4.78, 5) is 0. The predicted molar refractivity (Wildman–Crippen MR) is 56.1 cm³/mol. The van der Waals surface area contributed by atoms with Crippen molar-refractivity contribution in [1.29, 1.82) is 0 Å². The quantitative estimate of drug-likeness (QED) is 0.720. The first-order valence-electron chi connectivity index (χ1n) is 4.88. The van der Waals surface area contributed by atoms with E-state index in [1.807, 2.05) is 0 Å². The van der Waals surface area contributed by atoms with E-state index in [2.05, 4.69) is 30.4 Å². The molecule has 0 aliphatic carbocycles. The Morgan fingerprint density at radius 3 is 3.15 bits per heavy atom. The zero-order chi connectivity index (χ0) is 9.26. The minimum Gasteiger partial charge on any atom is -0.384 e. The van der Waals surface area contributed by atoms with Crippen LogP contribution in [0.1, 0.15) is 24.0 Å². The van der Waals surface area contributed by atoms with Gasteiger partial charge in [0, 0.05) is 18.2 Å². The Labute approximate surface area is 79.1 Å². The fourth-order valence-electron chi connectivity index (χ4n) is 1.98. The number of anilines is 1. The van der Waals surface area contributed by atoms with Crippen molar-refractivity contribution < 1.29 is 0 Å². The third kappa shape index (κ3) is 1.42. The highest BCUT2D eigenvalue weighted by Crippen LogP contribution is 2.33. The molecule has 0 amide bonds. The average Bonchev–Trinajstić information content (AvgIpc) is 2.50. The number of para-hydroxylation sites is 1. The van der Waals surface area contributed by atoms with Crippen LogP contribution >= 0.6 is 0 Å². The molecule has 1 aromatic carbocycles. The molecule has 2 rings (SSSR count). The molecular weight excluding hydrogens is 160 g/mol. The minimum absolute atomic E-state index is 0.646. The first-order chi connectivity index (χ1) is 6.33. The van der Waals surface area contributed by atoms with Crippen LogP contribution < -0.4 is 11.1 Å². The molecular formula is C11H16N2. The molecule has 2 nitrogen and oxygen atoms in total. The summed E-state index contributed by atoms with van der Waals surface area (Å²) >= 11 is 0. The molecule has 0 saturated heterocycles. The maximum atomic E-state index is 5.56. The first-order valence-corrected chi connectivity index (χ1v) is 4.88. The molecule has 2 heteroatoms. The highest BCUT2D eigenvalue weighted by molar-refractivity contribution is 5.62. The van der Waals surface area contributed by atoms with Crippen LogP contribution in [-0.4, -0.2) is 13.1 Å². The Kier molecular flexibility index (Phi) is 2.23. The number of nitrogens with two attached hydrogens (primary N) is 1. The van der Waals surface area contributed by atoms with Crippen molar-refractivity contribution in [2.24, 2.45) is 5.73 Å². The van der Waals surface area contributed by atoms with Crippen molar-refractivity contribution in [2.75, 3.05) is 18.4 Å². The van der Waals surface area contributed by atoms with E-state index >= 15 is 0 Å². The van der Waals surface area contributed by atoms with E-state index in [9.17, 15) is 0 Å². The van der Waals surface area contributed by atoms with Crippen molar-refractivity contribution in [3.05, 3.63) is 29.3 Å². The van der Waals surface area contributed by atoms with Crippen LogP contribution in [0.15, 0.2) is 18.2 Å². The van der Waals surface area contributed by atoms with Gasteiger partial charge in [-0.25, -0.2) is 0 Å². The Morgan fingerprint density at radius 2 is 2.38 bits per heavy atom. The highest BCUT2D eigenvalue weighted by Gasteiger charge is 2.19. The molecule has 1 aliphatic rings. The molecule has 1 aromatic rings. The topological polar surface area (TPSA) is 38.0 Å². The molecule has 0 radical (unpaired) electrons. The highest BCUT2D eigenvalue weighted by atomic mass is 14.9. The van der Waals surface area contributed by atoms with E-state index in [-0.39, 0.29) is 0 Å². The van der Waals surface area contributed by atoms with Gasteiger partial charge in [0.15, 0.2) is 0 Å². The molecule has 0 bridgehead atoms. The van der Waals surface area contributed by atoms with Crippen molar-refractivity contribution in [2.45, 2.75) is 19.3 Å². The average molecular weight is 176 g/mol. The number of benzene rings is 1. The number of nitrogens with one attached hydrogen (secondary N) is 1. The lowest BCUT2D eigenvalue weighted by atomic mass is 9.99. The number of hydrogen-bond acceptors (Lipinski definition) is 2. The van der Waals surface area contributed by atoms with Crippen molar-refractivity contribution in [1.82, 2.24) is 0 Å². The molecule has 1 atom stereocenters. The van der Waals surface area contributed by atoms with Gasteiger partial charge in [0.05, 0.1) is 0 Å². The van der Waals surface area contributed by atoms with Crippen LogP contribution in [0.25, 0.3) is 0 Å². The van der Waals surface area contributed by atoms with Crippen LogP contribution in [0.4, 0.5) is 5.69 Å². The van der Waals surface area contributed by atoms with Gasteiger partial charge in [0.25, 0.3) is 0 Å². The molecule has 1 aliphatic heterocycles. The Morgan fingerprint density at radius 1 is 1.54 bits per heavy atom. The Bertz CT molecular complexity index is 307. The Balaban J connectivity index is 2.38. The summed E-state index contributed by atoms with van der Waals surface area (Å²) < 4.78 is 0. The molecule has 0 fully saturated rings. The fraction of sp³-hybridized carbons (Fsp3) is 0.455. The van der Waals surface area contributed by atoms with Gasteiger partial charge in [-0.15, -0.1) is 0 Å². The molecule has 70 valence electrons. The van der Waals surface area contributed by atoms with Crippen LogP contribution in [0.5, 0.6) is 0 Å². The zero-order valence-corrected chi connectivity index (χ0v) is 8.01. The number of rotatable bonds is 2. The van der Waals surface area contributed by atoms with Gasteiger partial charge in [-0.1, -0.05) is 25.1 Å². The van der Waals surface area contributed by atoms with Gasteiger partial charge in [-0.2, -0.15) is 0 Å². The van der Waals surface area contributed by atoms with E-state index in [0.717, 1.165) is 19.5 Å². The zero-order valence-electron chi connectivity index (χ0n) is 8.01. The molecule has 1 unspecified atom stereocenters. The third-order valence-corrected chi connectivity index (χ3v) is 2.71. The van der Waals surface area contributed by atoms with Gasteiger partial charge >= 0.3 is 0 Å². The van der Waals surface area contributed by atoms with E-state index in [4.69, 9.17) is 5.73 Å². The standard InChI is InChI=1S/C11H16N2/c1-8-7-13-11-9(5-6-12)3-2-4-10(8)11/h2-4,8,13H,5-7,12H2,1H3. The van der Waals surface area contributed by atoms with Crippen molar-refractivity contribution >= 4 is 5.69 Å². The normalized spacial score (nSPS) is 19.7. The smallest absolute Gasteiger partial charge is 0.0409 e. The van der Waals surface area contributed by atoms with Crippen LogP contribution in [-0.2, 0) is 6.42 Å². The first kappa shape index (κ1) is 8.57. The maximum Gasteiger partial charge on any atom is 0.0409 e. The third-order valence-electron chi connectivity index (χ3n) is 2.71. The fourth-order valence-corrected chi connectivity index (χ4v) is 1.98. The summed E-state index contributed by atoms with van der Waals surface area (Å²) in [6.07, 6.45) is 0.975.